The van der Waals surface area contributed by atoms with Crippen LogP contribution in [0, 0.1) is 10.7 Å². The number of nitrogens with zero attached hydrogens (tertiary/aromatic N) is 1. The van der Waals surface area contributed by atoms with Gasteiger partial charge in [0, 0.05) is 0 Å². The van der Waals surface area contributed by atoms with Crippen LogP contribution in [0.25, 0.3) is 5.76 Å². The lowest BCUT2D eigenvalue weighted by atomic mass is 10.1. The maximum absolute atomic E-state index is 13.3. The van der Waals surface area contributed by atoms with E-state index in [1.54, 1.807) is 0 Å². The molecule has 0 radical (unpaired) electrons. The number of ether oxygens (including phenoxy) is 1. The van der Waals surface area contributed by atoms with Gasteiger partial charge in [0.15, 0.2) is 5.76 Å². The van der Waals surface area contributed by atoms with Gasteiger partial charge >= 0.3 is 5.97 Å². The first-order valence-corrected chi connectivity index (χ1v) is 4.80. The Morgan fingerprint density at radius 2 is 2.12 bits per heavy atom. The van der Waals surface area contributed by atoms with Crippen molar-refractivity contribution in [2.24, 2.45) is 5.18 Å². The van der Waals surface area contributed by atoms with Crippen LogP contribution in [0.1, 0.15) is 12.5 Å². The van der Waals surface area contributed by atoms with Gasteiger partial charge in [-0.15, -0.1) is 4.91 Å². The van der Waals surface area contributed by atoms with Crippen LogP contribution in [0.3, 0.4) is 0 Å². The number of hydrogen-bond donors (Lipinski definition) is 1. The minimum atomic E-state index is -1.09. The second kappa shape index (κ2) is 5.74. The Hall–Kier alpha value is -2.24. The van der Waals surface area contributed by atoms with Crippen LogP contribution in [-0.2, 0) is 9.53 Å². The first-order chi connectivity index (χ1) is 8.11. The third-order valence-corrected chi connectivity index (χ3v) is 1.91. The number of carbonyl (C=O) groups is 1. The van der Waals surface area contributed by atoms with Gasteiger partial charge in [0.25, 0.3) is 0 Å². The summed E-state index contributed by atoms with van der Waals surface area (Å²) >= 11 is 0. The lowest BCUT2D eigenvalue weighted by Gasteiger charge is -2.04. The average molecular weight is 239 g/mol. The number of esters is 1. The van der Waals surface area contributed by atoms with Crippen molar-refractivity contribution in [2.45, 2.75) is 6.92 Å². The van der Waals surface area contributed by atoms with Crippen molar-refractivity contribution in [3.63, 3.8) is 0 Å². The normalized spacial score (nSPS) is 11.6. The molecule has 1 N–H and O–H groups in total. The number of halogens is 1. The SMILES string of the molecule is CCOC(=O)/C(N=O)=C(/O)c1ccccc1F. The third kappa shape index (κ3) is 2.87. The van der Waals surface area contributed by atoms with E-state index in [2.05, 4.69) is 9.91 Å². The lowest BCUT2D eigenvalue weighted by molar-refractivity contribution is -0.138. The Morgan fingerprint density at radius 3 is 2.65 bits per heavy atom. The molecule has 17 heavy (non-hydrogen) atoms. The number of hydrogen-bond acceptors (Lipinski definition) is 5. The van der Waals surface area contributed by atoms with E-state index in [1.165, 1.54) is 25.1 Å². The highest BCUT2D eigenvalue weighted by molar-refractivity contribution is 5.95. The predicted octanol–water partition coefficient (Wildman–Crippen LogP) is 2.38. The summed E-state index contributed by atoms with van der Waals surface area (Å²) in [6, 6.07) is 5.15. The minimum absolute atomic E-state index is 0.0163. The molecule has 1 aromatic rings. The second-order valence-electron chi connectivity index (χ2n) is 2.99. The van der Waals surface area contributed by atoms with Crippen LogP contribution in [0.5, 0.6) is 0 Å². The Balaban J connectivity index is 3.22. The molecule has 5 nitrogen and oxygen atoms in total. The van der Waals surface area contributed by atoms with Gasteiger partial charge in [0.05, 0.1) is 12.2 Å². The van der Waals surface area contributed by atoms with Crippen LogP contribution >= 0.6 is 0 Å². The lowest BCUT2D eigenvalue weighted by Crippen LogP contribution is -2.08. The molecule has 0 atom stereocenters. The topological polar surface area (TPSA) is 76.0 Å². The fourth-order valence-electron chi connectivity index (χ4n) is 1.16. The minimum Gasteiger partial charge on any atom is -0.505 e. The largest absolute Gasteiger partial charge is 0.505 e. The summed E-state index contributed by atoms with van der Waals surface area (Å²) in [7, 11) is 0. The number of rotatable bonds is 4. The summed E-state index contributed by atoms with van der Waals surface area (Å²) in [5.74, 6) is -2.70. The molecular formula is C11H10FNO4. The molecule has 0 saturated carbocycles. The van der Waals surface area contributed by atoms with Gasteiger partial charge in [-0.25, -0.2) is 9.18 Å². The third-order valence-electron chi connectivity index (χ3n) is 1.91. The summed E-state index contributed by atoms with van der Waals surface area (Å²) in [5.41, 5.74) is -1.13. The number of nitroso groups, excluding NO2 is 1. The van der Waals surface area contributed by atoms with Crippen molar-refractivity contribution in [3.05, 3.63) is 46.3 Å². The van der Waals surface area contributed by atoms with E-state index in [0.717, 1.165) is 6.07 Å². The van der Waals surface area contributed by atoms with Crippen molar-refractivity contribution in [1.82, 2.24) is 0 Å². The fourth-order valence-corrected chi connectivity index (χ4v) is 1.16. The van der Waals surface area contributed by atoms with E-state index in [1.807, 2.05) is 0 Å². The van der Waals surface area contributed by atoms with Crippen molar-refractivity contribution in [2.75, 3.05) is 6.61 Å². The van der Waals surface area contributed by atoms with Crippen LogP contribution in [0.4, 0.5) is 4.39 Å². The van der Waals surface area contributed by atoms with E-state index >= 15 is 0 Å². The molecule has 0 unspecified atom stereocenters. The highest BCUT2D eigenvalue weighted by atomic mass is 19.1. The highest BCUT2D eigenvalue weighted by Crippen LogP contribution is 2.20. The number of benzene rings is 1. The van der Waals surface area contributed by atoms with E-state index < -0.39 is 23.2 Å². The van der Waals surface area contributed by atoms with Crippen LogP contribution in [0.2, 0.25) is 0 Å². The molecule has 0 aliphatic heterocycles. The zero-order valence-corrected chi connectivity index (χ0v) is 9.01. The molecule has 0 amide bonds. The summed E-state index contributed by atoms with van der Waals surface area (Å²) in [6.07, 6.45) is 0. The molecule has 0 bridgehead atoms. The Morgan fingerprint density at radius 1 is 1.47 bits per heavy atom. The molecule has 0 fully saturated rings. The van der Waals surface area contributed by atoms with Crippen molar-refractivity contribution in [1.29, 1.82) is 0 Å². The van der Waals surface area contributed by atoms with E-state index in [-0.39, 0.29) is 12.2 Å². The molecule has 0 aliphatic rings. The van der Waals surface area contributed by atoms with E-state index in [9.17, 15) is 19.2 Å². The molecule has 1 rings (SSSR count). The molecular weight excluding hydrogens is 229 g/mol. The summed E-state index contributed by atoms with van der Waals surface area (Å²) in [4.78, 5) is 21.7. The van der Waals surface area contributed by atoms with Gasteiger partial charge < -0.3 is 9.84 Å². The van der Waals surface area contributed by atoms with Crippen molar-refractivity contribution >= 4 is 11.7 Å². The van der Waals surface area contributed by atoms with Gasteiger partial charge in [0.1, 0.15) is 5.82 Å². The maximum Gasteiger partial charge on any atom is 0.364 e. The fraction of sp³-hybridized carbons (Fsp3) is 0.182. The molecule has 0 saturated heterocycles. The second-order valence-corrected chi connectivity index (χ2v) is 2.99. The number of aliphatic hydroxyl groups excluding tert-OH is 1. The molecule has 0 aliphatic carbocycles. The Kier molecular flexibility index (Phi) is 4.33. The molecule has 0 spiro atoms. The molecule has 1 aromatic carbocycles. The predicted molar refractivity (Wildman–Crippen MR) is 58.4 cm³/mol. The van der Waals surface area contributed by atoms with E-state index in [4.69, 9.17) is 0 Å². The van der Waals surface area contributed by atoms with Crippen LogP contribution in [-0.4, -0.2) is 17.7 Å². The highest BCUT2D eigenvalue weighted by Gasteiger charge is 2.20. The van der Waals surface area contributed by atoms with Crippen molar-refractivity contribution < 1.29 is 19.0 Å². The van der Waals surface area contributed by atoms with Gasteiger partial charge in [-0.3, -0.25) is 0 Å². The average Bonchev–Trinajstić information content (AvgIpc) is 2.30. The van der Waals surface area contributed by atoms with Crippen LogP contribution < -0.4 is 0 Å². The Bertz CT molecular complexity index is 470. The zero-order chi connectivity index (χ0) is 12.8. The first kappa shape index (κ1) is 12.8. The van der Waals surface area contributed by atoms with Gasteiger partial charge in [-0.05, 0) is 24.2 Å². The van der Waals surface area contributed by atoms with Crippen molar-refractivity contribution in [3.8, 4) is 0 Å². The molecule has 6 heteroatoms. The monoisotopic (exact) mass is 239 g/mol. The molecule has 0 heterocycles. The summed E-state index contributed by atoms with van der Waals surface area (Å²) in [6.45, 7) is 1.54. The number of aliphatic hydroxyl groups is 1. The van der Waals surface area contributed by atoms with Gasteiger partial charge in [-0.2, -0.15) is 0 Å². The molecule has 0 aromatic heterocycles. The number of carbonyl (C=O) groups excluding carboxylic acids is 1. The zero-order valence-electron chi connectivity index (χ0n) is 9.01. The van der Waals surface area contributed by atoms with Gasteiger partial charge in [0.2, 0.25) is 5.70 Å². The van der Waals surface area contributed by atoms with Gasteiger partial charge in [-0.1, -0.05) is 12.1 Å². The standard InChI is InChI=1S/C11H10FNO4/c1-2-17-11(15)9(13-16)10(14)7-5-3-4-6-8(7)12/h3-6,14H,2H2,1H3/b10-9-. The summed E-state index contributed by atoms with van der Waals surface area (Å²) in [5, 5.41) is 12.0. The quantitative estimate of drug-likeness (QED) is 0.379. The molecule has 90 valence electrons. The Labute approximate surface area is 96.5 Å². The summed E-state index contributed by atoms with van der Waals surface area (Å²) < 4.78 is 17.8. The van der Waals surface area contributed by atoms with E-state index in [0.29, 0.717) is 0 Å². The smallest absolute Gasteiger partial charge is 0.364 e. The van der Waals surface area contributed by atoms with Crippen LogP contribution in [0.15, 0.2) is 35.1 Å². The maximum atomic E-state index is 13.3. The first-order valence-electron chi connectivity index (χ1n) is 4.80.